The van der Waals surface area contributed by atoms with Crippen LogP contribution in [0.5, 0.6) is 0 Å². The molecule has 1 atom stereocenters. The van der Waals surface area contributed by atoms with Gasteiger partial charge in [-0.15, -0.1) is 0 Å². The molecule has 0 aromatic carbocycles. The Morgan fingerprint density at radius 1 is 1.06 bits per heavy atom. The fraction of sp³-hybridized carbons (Fsp3) is 0.900. The van der Waals surface area contributed by atoms with Gasteiger partial charge in [-0.2, -0.15) is 0 Å². The fourth-order valence-electron chi connectivity index (χ4n) is 1.20. The number of halogens is 4. The van der Waals surface area contributed by atoms with Crippen molar-refractivity contribution in [1.29, 1.82) is 0 Å². The van der Waals surface area contributed by atoms with Crippen LogP contribution in [0.1, 0.15) is 46.5 Å². The summed E-state index contributed by atoms with van der Waals surface area (Å²) in [5.41, 5.74) is 0. The third-order valence-corrected chi connectivity index (χ3v) is 2.02. The predicted molar refractivity (Wildman–Crippen MR) is 49.9 cm³/mol. The average Bonchev–Trinajstić information content (AvgIpc) is 2.06. The van der Waals surface area contributed by atoms with Crippen LogP contribution in [0.15, 0.2) is 0 Å². The maximum absolute atomic E-state index is 11.3. The summed E-state index contributed by atoms with van der Waals surface area (Å²) in [6.07, 6.45) is 4.15. The van der Waals surface area contributed by atoms with E-state index in [4.69, 9.17) is 4.74 Å². The van der Waals surface area contributed by atoms with E-state index >= 15 is 0 Å². The van der Waals surface area contributed by atoms with Gasteiger partial charge < -0.3 is 54.4 Å². The normalized spacial score (nSPS) is 8.88. The van der Waals surface area contributed by atoms with Crippen LogP contribution in [0.25, 0.3) is 0 Å². The molecule has 2 nitrogen and oxygen atoms in total. The van der Waals surface area contributed by atoms with E-state index in [1.165, 1.54) is 0 Å². The number of rotatable bonds is 6. The molecule has 0 saturated heterocycles. The molecule has 7 heteroatoms. The first-order valence-corrected chi connectivity index (χ1v) is 4.92. The minimum absolute atomic E-state index is 0. The SMILES string of the molecule is CCCCC(CC)C(=O)OCC.[Cl-].[Cl-].[Cl-].[Cl-].[Zr+4]. The molecule has 0 rings (SSSR count). The zero-order chi connectivity index (χ0) is 9.40. The summed E-state index contributed by atoms with van der Waals surface area (Å²) in [6, 6.07) is 0. The Labute approximate surface area is 149 Å². The summed E-state index contributed by atoms with van der Waals surface area (Å²) in [7, 11) is 0. The van der Waals surface area contributed by atoms with Gasteiger partial charge in [0.2, 0.25) is 0 Å². The summed E-state index contributed by atoms with van der Waals surface area (Å²) >= 11 is 0. The van der Waals surface area contributed by atoms with Crippen LogP contribution in [0.2, 0.25) is 0 Å². The van der Waals surface area contributed by atoms with Crippen molar-refractivity contribution in [3.05, 3.63) is 0 Å². The van der Waals surface area contributed by atoms with Crippen LogP contribution in [-0.2, 0) is 35.7 Å². The summed E-state index contributed by atoms with van der Waals surface area (Å²) < 4.78 is 4.95. The van der Waals surface area contributed by atoms with Crippen molar-refractivity contribution in [3.63, 3.8) is 0 Å². The van der Waals surface area contributed by atoms with Gasteiger partial charge >= 0.3 is 32.2 Å². The number of hydrogen-bond donors (Lipinski definition) is 0. The molecule has 0 aliphatic rings. The zero-order valence-electron chi connectivity index (χ0n) is 10.4. The number of carbonyl (C=O) groups excluding carboxylic acids is 1. The molecule has 0 saturated carbocycles. The smallest absolute Gasteiger partial charge is 1.00 e. The minimum atomic E-state index is -0.0200. The Bertz CT molecular complexity index is 139. The van der Waals surface area contributed by atoms with Gasteiger partial charge in [-0.1, -0.05) is 26.7 Å². The average molecular weight is 405 g/mol. The second-order valence-electron chi connectivity index (χ2n) is 3.00. The van der Waals surface area contributed by atoms with Gasteiger partial charge in [0.05, 0.1) is 12.5 Å². The predicted octanol–water partition coefficient (Wildman–Crippen LogP) is -9.22. The maximum atomic E-state index is 11.3. The number of unbranched alkanes of at least 4 members (excludes halogenated alkanes) is 1. The van der Waals surface area contributed by atoms with Crippen molar-refractivity contribution in [2.24, 2.45) is 5.92 Å². The van der Waals surface area contributed by atoms with Crippen LogP contribution in [0.4, 0.5) is 0 Å². The van der Waals surface area contributed by atoms with Gasteiger partial charge in [0.15, 0.2) is 0 Å². The van der Waals surface area contributed by atoms with E-state index in [1.54, 1.807) is 0 Å². The number of hydrogen-bond acceptors (Lipinski definition) is 2. The molecule has 1 unspecified atom stereocenters. The minimum Gasteiger partial charge on any atom is -1.00 e. The molecule has 0 fully saturated rings. The van der Waals surface area contributed by atoms with E-state index in [0.29, 0.717) is 6.61 Å². The molecule has 0 heterocycles. The molecule has 0 spiro atoms. The van der Waals surface area contributed by atoms with Crippen molar-refractivity contribution >= 4 is 5.97 Å². The molecular formula is C10H20Cl4O2Zr. The first-order valence-electron chi connectivity index (χ1n) is 4.92. The maximum Gasteiger partial charge on any atom is 4.00 e. The van der Waals surface area contributed by atoms with Gasteiger partial charge in [0.1, 0.15) is 0 Å². The fourth-order valence-corrected chi connectivity index (χ4v) is 1.20. The Balaban J connectivity index is -0.0000000605. The monoisotopic (exact) mass is 402 g/mol. The van der Waals surface area contributed by atoms with Crippen LogP contribution in [0, 0.1) is 5.92 Å². The van der Waals surface area contributed by atoms with Crippen LogP contribution < -0.4 is 49.6 Å². The van der Waals surface area contributed by atoms with E-state index in [1.807, 2.05) is 13.8 Å². The molecule has 0 aliphatic carbocycles. The number of ether oxygens (including phenoxy) is 1. The molecule has 0 aliphatic heterocycles. The first kappa shape index (κ1) is 36.3. The Kier molecular flexibility index (Phi) is 55.8. The third-order valence-electron chi connectivity index (χ3n) is 2.02. The van der Waals surface area contributed by atoms with Gasteiger partial charge in [0, 0.05) is 0 Å². The molecule has 0 N–H and O–H groups in total. The van der Waals surface area contributed by atoms with Crippen molar-refractivity contribution in [2.45, 2.75) is 46.5 Å². The standard InChI is InChI=1S/C10H20O2.4ClH.Zr/c1-4-7-8-9(5-2)10(11)12-6-3;;;;;/h9H,4-8H2,1-3H3;4*1H;/q;;;;;+4/p-4. The van der Waals surface area contributed by atoms with E-state index < -0.39 is 0 Å². The third kappa shape index (κ3) is 20.0. The van der Waals surface area contributed by atoms with E-state index in [-0.39, 0.29) is 87.7 Å². The summed E-state index contributed by atoms with van der Waals surface area (Å²) in [6.45, 7) is 6.53. The quantitative estimate of drug-likeness (QED) is 0.411. The van der Waals surface area contributed by atoms with E-state index in [0.717, 1.165) is 25.7 Å². The van der Waals surface area contributed by atoms with Crippen molar-refractivity contribution in [1.82, 2.24) is 0 Å². The Morgan fingerprint density at radius 2 is 1.53 bits per heavy atom. The second-order valence-corrected chi connectivity index (χ2v) is 3.00. The van der Waals surface area contributed by atoms with Gasteiger partial charge in [0.25, 0.3) is 0 Å². The van der Waals surface area contributed by atoms with Crippen molar-refractivity contribution in [3.8, 4) is 0 Å². The van der Waals surface area contributed by atoms with Crippen molar-refractivity contribution < 1.29 is 85.4 Å². The van der Waals surface area contributed by atoms with E-state index in [9.17, 15) is 4.79 Å². The summed E-state index contributed by atoms with van der Waals surface area (Å²) in [5.74, 6) is 0.110. The Hall–Kier alpha value is 1.51. The summed E-state index contributed by atoms with van der Waals surface area (Å²) in [4.78, 5) is 11.3. The molecule has 104 valence electrons. The first-order chi connectivity index (χ1) is 5.76. The summed E-state index contributed by atoms with van der Waals surface area (Å²) in [5, 5.41) is 0. The Morgan fingerprint density at radius 3 is 1.82 bits per heavy atom. The topological polar surface area (TPSA) is 26.3 Å². The number of carbonyl (C=O) groups is 1. The number of esters is 1. The zero-order valence-corrected chi connectivity index (χ0v) is 15.9. The molecule has 0 amide bonds. The second kappa shape index (κ2) is 26.2. The molecule has 0 radical (unpaired) electrons. The van der Waals surface area contributed by atoms with Crippen LogP contribution in [0.3, 0.4) is 0 Å². The molecule has 0 aromatic rings. The van der Waals surface area contributed by atoms with E-state index in [2.05, 4.69) is 6.92 Å². The molecule has 17 heavy (non-hydrogen) atoms. The van der Waals surface area contributed by atoms with Gasteiger partial charge in [-0.3, -0.25) is 4.79 Å². The van der Waals surface area contributed by atoms with Crippen LogP contribution in [-0.4, -0.2) is 12.6 Å². The molecule has 0 bridgehead atoms. The molecule has 0 aromatic heterocycles. The van der Waals surface area contributed by atoms with Gasteiger partial charge in [-0.25, -0.2) is 0 Å². The van der Waals surface area contributed by atoms with Gasteiger partial charge in [-0.05, 0) is 19.8 Å². The molecular weight excluding hydrogens is 385 g/mol. The van der Waals surface area contributed by atoms with Crippen LogP contribution >= 0.6 is 0 Å². The van der Waals surface area contributed by atoms with Crippen molar-refractivity contribution in [2.75, 3.05) is 6.61 Å². The largest absolute Gasteiger partial charge is 4.00 e.